The quantitative estimate of drug-likeness (QED) is 0.499. The third kappa shape index (κ3) is 10.1. The first-order valence-electron chi connectivity index (χ1n) is 6.64. The Labute approximate surface area is 160 Å². The zero-order chi connectivity index (χ0) is 18.9. The van der Waals surface area contributed by atoms with Crippen LogP contribution in [0, 0.1) is 6.92 Å². The van der Waals surface area contributed by atoms with Crippen LogP contribution in [-0.2, 0) is 14.3 Å². The van der Waals surface area contributed by atoms with Gasteiger partial charge in [0.2, 0.25) is 3.79 Å². The number of halogens is 4. The Bertz CT molecular complexity index is 544. The molecule has 1 aromatic carbocycles. The number of benzene rings is 1. The number of carboxylic acid groups (broad SMARTS) is 1. The predicted octanol–water partition coefficient (Wildman–Crippen LogP) is 3.39. The minimum absolute atomic E-state index is 0.278. The predicted molar refractivity (Wildman–Crippen MR) is 97.2 cm³/mol. The molecule has 0 unspecified atom stereocenters. The molecule has 6 nitrogen and oxygen atoms in total. The molecule has 4 N–H and O–H groups in total. The third-order valence-corrected chi connectivity index (χ3v) is 3.13. The van der Waals surface area contributed by atoms with Crippen LogP contribution in [0.3, 0.4) is 0 Å². The SMILES string of the molecule is Cc1cccc(Cl)c1N[C@@H](C)C(=O)OCC(Cl)(Cl)Cl.NCC(=O)O. The number of nitrogens with one attached hydrogen (secondary N) is 1. The van der Waals surface area contributed by atoms with Crippen LogP contribution >= 0.6 is 46.4 Å². The van der Waals surface area contributed by atoms with Crippen molar-refractivity contribution in [3.05, 3.63) is 28.8 Å². The smallest absolute Gasteiger partial charge is 0.328 e. The van der Waals surface area contributed by atoms with Crippen molar-refractivity contribution in [3.8, 4) is 0 Å². The number of hydrogen-bond donors (Lipinski definition) is 3. The molecule has 0 saturated heterocycles. The van der Waals surface area contributed by atoms with Crippen molar-refractivity contribution in [3.63, 3.8) is 0 Å². The van der Waals surface area contributed by atoms with Crippen LogP contribution in [0.15, 0.2) is 18.2 Å². The number of anilines is 1. The largest absolute Gasteiger partial charge is 0.480 e. The van der Waals surface area contributed by atoms with E-state index in [0.29, 0.717) is 10.7 Å². The van der Waals surface area contributed by atoms with Gasteiger partial charge in [0.15, 0.2) is 0 Å². The number of rotatable bonds is 5. The fourth-order valence-electron chi connectivity index (χ4n) is 1.37. The van der Waals surface area contributed by atoms with E-state index in [9.17, 15) is 9.59 Å². The van der Waals surface area contributed by atoms with Crippen molar-refractivity contribution in [1.82, 2.24) is 0 Å². The van der Waals surface area contributed by atoms with E-state index in [-0.39, 0.29) is 13.2 Å². The Morgan fingerprint density at radius 1 is 1.38 bits per heavy atom. The number of hydrogen-bond acceptors (Lipinski definition) is 5. The fourth-order valence-corrected chi connectivity index (χ4v) is 1.81. The summed E-state index contributed by atoms with van der Waals surface area (Å²) >= 11 is 22.6. The average Bonchev–Trinajstić information content (AvgIpc) is 2.48. The first-order valence-corrected chi connectivity index (χ1v) is 8.16. The van der Waals surface area contributed by atoms with E-state index in [1.807, 2.05) is 19.1 Å². The maximum Gasteiger partial charge on any atom is 0.328 e. The van der Waals surface area contributed by atoms with E-state index in [4.69, 9.17) is 56.2 Å². The highest BCUT2D eigenvalue weighted by Crippen LogP contribution is 2.27. The monoisotopic (exact) mass is 418 g/mol. The van der Waals surface area contributed by atoms with Crippen molar-refractivity contribution >= 4 is 64.0 Å². The molecule has 0 aliphatic heterocycles. The molecular formula is C14H18Cl4N2O4. The molecule has 24 heavy (non-hydrogen) atoms. The normalized spacial score (nSPS) is 11.8. The third-order valence-electron chi connectivity index (χ3n) is 2.49. The highest BCUT2D eigenvalue weighted by molar-refractivity contribution is 6.67. The van der Waals surface area contributed by atoms with Gasteiger partial charge in [0, 0.05) is 0 Å². The van der Waals surface area contributed by atoms with Crippen LogP contribution in [0.5, 0.6) is 0 Å². The maximum absolute atomic E-state index is 11.7. The average molecular weight is 420 g/mol. The number of esters is 1. The Morgan fingerprint density at radius 3 is 2.33 bits per heavy atom. The highest BCUT2D eigenvalue weighted by Gasteiger charge is 2.24. The van der Waals surface area contributed by atoms with E-state index < -0.39 is 21.8 Å². The number of aliphatic carboxylic acids is 1. The second kappa shape index (κ2) is 10.8. The van der Waals surface area contributed by atoms with Gasteiger partial charge < -0.3 is 20.9 Å². The molecule has 0 amide bonds. The van der Waals surface area contributed by atoms with Crippen LogP contribution in [0.4, 0.5) is 5.69 Å². The number of aryl methyl sites for hydroxylation is 1. The van der Waals surface area contributed by atoms with Gasteiger partial charge in [0.25, 0.3) is 0 Å². The summed E-state index contributed by atoms with van der Waals surface area (Å²) < 4.78 is 3.26. The van der Waals surface area contributed by atoms with Crippen molar-refractivity contribution in [2.24, 2.45) is 5.73 Å². The van der Waals surface area contributed by atoms with E-state index in [2.05, 4.69) is 11.1 Å². The van der Waals surface area contributed by atoms with Gasteiger partial charge in [-0.2, -0.15) is 0 Å². The molecule has 0 saturated carbocycles. The van der Waals surface area contributed by atoms with E-state index in [1.165, 1.54) is 0 Å². The summed E-state index contributed by atoms with van der Waals surface area (Å²) in [5.41, 5.74) is 6.18. The van der Waals surface area contributed by atoms with Gasteiger partial charge in [-0.1, -0.05) is 58.5 Å². The minimum atomic E-state index is -1.62. The molecular weight excluding hydrogens is 402 g/mol. The topological polar surface area (TPSA) is 102 Å². The Morgan fingerprint density at radius 2 is 1.92 bits per heavy atom. The van der Waals surface area contributed by atoms with E-state index in [1.54, 1.807) is 13.0 Å². The lowest BCUT2D eigenvalue weighted by Crippen LogP contribution is -2.31. The summed E-state index contributed by atoms with van der Waals surface area (Å²) in [5, 5.41) is 11.1. The zero-order valence-electron chi connectivity index (χ0n) is 13.0. The van der Waals surface area contributed by atoms with E-state index >= 15 is 0 Å². The van der Waals surface area contributed by atoms with Gasteiger partial charge in [0.1, 0.15) is 12.6 Å². The molecule has 0 fully saturated rings. The number of para-hydroxylation sites is 1. The van der Waals surface area contributed by atoms with E-state index in [0.717, 1.165) is 5.56 Å². The minimum Gasteiger partial charge on any atom is -0.480 e. The van der Waals surface area contributed by atoms with Gasteiger partial charge in [-0.3, -0.25) is 4.79 Å². The summed E-state index contributed by atoms with van der Waals surface area (Å²) in [6.07, 6.45) is 0. The molecule has 1 atom stereocenters. The van der Waals surface area contributed by atoms with Gasteiger partial charge in [-0.15, -0.1) is 0 Å². The molecule has 0 aromatic heterocycles. The summed E-state index contributed by atoms with van der Waals surface area (Å²) in [6, 6.07) is 4.84. The van der Waals surface area contributed by atoms with Crippen LogP contribution in [-0.4, -0.2) is 40.0 Å². The number of carboxylic acids is 1. The van der Waals surface area contributed by atoms with Gasteiger partial charge in [0.05, 0.1) is 17.3 Å². The molecule has 0 radical (unpaired) electrons. The standard InChI is InChI=1S/C12H13Cl4NO2.C2H5NO2/c1-7-4-3-5-9(13)10(7)17-8(2)11(18)19-6-12(14,15)16;3-1-2(4)5/h3-5,8,17H,6H2,1-2H3;1,3H2,(H,4,5)/t8-;/m0./s1. The van der Waals surface area contributed by atoms with Crippen LogP contribution in [0.25, 0.3) is 0 Å². The first-order chi connectivity index (χ1) is 11.0. The number of alkyl halides is 3. The maximum atomic E-state index is 11.7. The molecule has 0 bridgehead atoms. The van der Waals surface area contributed by atoms with Crippen molar-refractivity contribution in [2.45, 2.75) is 23.7 Å². The van der Waals surface area contributed by atoms with Gasteiger partial charge >= 0.3 is 11.9 Å². The molecule has 0 aliphatic rings. The lowest BCUT2D eigenvalue weighted by Gasteiger charge is -2.18. The molecule has 1 rings (SSSR count). The summed E-state index contributed by atoms with van der Waals surface area (Å²) in [7, 11) is 0. The molecule has 10 heteroatoms. The summed E-state index contributed by atoms with van der Waals surface area (Å²) in [4.78, 5) is 21.0. The van der Waals surface area contributed by atoms with Crippen molar-refractivity contribution < 1.29 is 19.4 Å². The highest BCUT2D eigenvalue weighted by atomic mass is 35.6. The molecule has 0 spiro atoms. The Balaban J connectivity index is 0.000000922. The first kappa shape index (κ1) is 23.1. The number of carbonyl (C=O) groups is 2. The molecule has 0 aliphatic carbocycles. The number of nitrogens with two attached hydrogens (primary N) is 1. The summed E-state index contributed by atoms with van der Waals surface area (Å²) in [5.74, 6) is -1.49. The molecule has 0 heterocycles. The van der Waals surface area contributed by atoms with Gasteiger partial charge in [-0.05, 0) is 25.5 Å². The second-order valence-electron chi connectivity index (χ2n) is 4.62. The van der Waals surface area contributed by atoms with Crippen molar-refractivity contribution in [1.29, 1.82) is 0 Å². The fraction of sp³-hybridized carbons (Fsp3) is 0.429. The summed E-state index contributed by atoms with van der Waals surface area (Å²) in [6.45, 7) is 2.95. The zero-order valence-corrected chi connectivity index (χ0v) is 16.0. The Hall–Kier alpha value is -0.920. The second-order valence-corrected chi connectivity index (χ2v) is 7.54. The Kier molecular flexibility index (Phi) is 10.4. The lowest BCUT2D eigenvalue weighted by molar-refractivity contribution is -0.144. The number of ether oxygens (including phenoxy) is 1. The van der Waals surface area contributed by atoms with Gasteiger partial charge in [-0.25, -0.2) is 4.79 Å². The lowest BCUT2D eigenvalue weighted by atomic mass is 10.2. The van der Waals surface area contributed by atoms with Crippen molar-refractivity contribution in [2.75, 3.05) is 18.5 Å². The van der Waals surface area contributed by atoms with Crippen LogP contribution in [0.2, 0.25) is 5.02 Å². The molecule has 1 aromatic rings. The van der Waals surface area contributed by atoms with Crippen LogP contribution in [0.1, 0.15) is 12.5 Å². The van der Waals surface area contributed by atoms with Crippen LogP contribution < -0.4 is 11.1 Å². The molecule has 136 valence electrons. The number of carbonyl (C=O) groups excluding carboxylic acids is 1.